The largest absolute Gasteiger partial charge is 0.465 e. The van der Waals surface area contributed by atoms with Crippen molar-refractivity contribution in [1.82, 2.24) is 0 Å². The lowest BCUT2D eigenvalue weighted by Gasteiger charge is -2.21. The first-order chi connectivity index (χ1) is 14.0. The lowest BCUT2D eigenvalue weighted by atomic mass is 9.87. The van der Waals surface area contributed by atoms with Gasteiger partial charge in [-0.2, -0.15) is 0 Å². The molecule has 0 aliphatic carbocycles. The summed E-state index contributed by atoms with van der Waals surface area (Å²) in [6.07, 6.45) is 0. The highest BCUT2D eigenvalue weighted by Crippen LogP contribution is 2.44. The Morgan fingerprint density at radius 1 is 1.03 bits per heavy atom. The molecule has 0 fully saturated rings. The van der Waals surface area contributed by atoms with Crippen molar-refractivity contribution in [2.24, 2.45) is 5.92 Å². The number of halogens is 1. The van der Waals surface area contributed by atoms with Gasteiger partial charge in [-0.15, -0.1) is 0 Å². The van der Waals surface area contributed by atoms with E-state index in [1.807, 2.05) is 36.4 Å². The van der Waals surface area contributed by atoms with Gasteiger partial charge in [-0.25, -0.2) is 0 Å². The minimum atomic E-state index is -1.34. The van der Waals surface area contributed by atoms with E-state index in [0.29, 0.717) is 17.8 Å². The number of amides is 1. The molecule has 0 N–H and O–H groups in total. The minimum absolute atomic E-state index is 0.108. The molecule has 3 rings (SSSR count). The SMILES string of the molecule is CCOC(=O)C(C(=O)OCC)C1C(=O)N(Cc2ccccc2)c2cc(Br)ccc21. The number of fused-ring (bicyclic) bond motifs is 1. The lowest BCUT2D eigenvalue weighted by molar-refractivity contribution is -0.164. The molecular formula is C22H22BrNO5. The highest BCUT2D eigenvalue weighted by Gasteiger charge is 2.49. The molecule has 1 unspecified atom stereocenters. The van der Waals surface area contributed by atoms with Gasteiger partial charge in [0.15, 0.2) is 5.92 Å². The van der Waals surface area contributed by atoms with Crippen LogP contribution in [0.2, 0.25) is 0 Å². The fourth-order valence-electron chi connectivity index (χ4n) is 3.52. The van der Waals surface area contributed by atoms with E-state index >= 15 is 0 Å². The minimum Gasteiger partial charge on any atom is -0.465 e. The fourth-order valence-corrected chi connectivity index (χ4v) is 3.87. The predicted molar refractivity (Wildman–Crippen MR) is 111 cm³/mol. The number of ether oxygens (including phenoxy) is 2. The van der Waals surface area contributed by atoms with E-state index in [-0.39, 0.29) is 19.1 Å². The molecule has 2 aromatic carbocycles. The quantitative estimate of drug-likeness (QED) is 0.464. The van der Waals surface area contributed by atoms with Gasteiger partial charge in [-0.05, 0) is 37.1 Å². The Labute approximate surface area is 177 Å². The summed E-state index contributed by atoms with van der Waals surface area (Å²) in [7, 11) is 0. The van der Waals surface area contributed by atoms with Crippen molar-refractivity contribution < 1.29 is 23.9 Å². The Morgan fingerprint density at radius 2 is 1.66 bits per heavy atom. The zero-order valence-corrected chi connectivity index (χ0v) is 17.8. The first-order valence-electron chi connectivity index (χ1n) is 9.45. The van der Waals surface area contributed by atoms with Crippen molar-refractivity contribution >= 4 is 39.5 Å². The number of rotatable bonds is 7. The maximum absolute atomic E-state index is 13.4. The zero-order chi connectivity index (χ0) is 21.0. The van der Waals surface area contributed by atoms with Crippen molar-refractivity contribution in [2.75, 3.05) is 18.1 Å². The molecule has 0 saturated carbocycles. The van der Waals surface area contributed by atoms with Crippen LogP contribution in [0.25, 0.3) is 0 Å². The molecule has 29 heavy (non-hydrogen) atoms. The molecule has 1 amide bonds. The van der Waals surface area contributed by atoms with E-state index in [1.165, 1.54) is 0 Å². The van der Waals surface area contributed by atoms with E-state index in [2.05, 4.69) is 15.9 Å². The molecule has 6 nitrogen and oxygen atoms in total. The summed E-state index contributed by atoms with van der Waals surface area (Å²) in [4.78, 5) is 40.3. The van der Waals surface area contributed by atoms with Gasteiger partial charge in [0.05, 0.1) is 25.7 Å². The summed E-state index contributed by atoms with van der Waals surface area (Å²) in [6, 6.07) is 14.9. The Hall–Kier alpha value is -2.67. The van der Waals surface area contributed by atoms with Gasteiger partial charge < -0.3 is 14.4 Å². The number of benzene rings is 2. The fraction of sp³-hybridized carbons (Fsp3) is 0.318. The van der Waals surface area contributed by atoms with E-state index in [4.69, 9.17) is 9.47 Å². The maximum atomic E-state index is 13.4. The van der Waals surface area contributed by atoms with Gasteiger partial charge >= 0.3 is 11.9 Å². The molecule has 0 radical (unpaired) electrons. The first-order valence-corrected chi connectivity index (χ1v) is 10.2. The van der Waals surface area contributed by atoms with Crippen LogP contribution in [0.15, 0.2) is 53.0 Å². The first kappa shape index (κ1) is 21.0. The Bertz CT molecular complexity index is 897. The maximum Gasteiger partial charge on any atom is 0.321 e. The topological polar surface area (TPSA) is 72.9 Å². The number of hydrogen-bond acceptors (Lipinski definition) is 5. The van der Waals surface area contributed by atoms with Crippen molar-refractivity contribution in [3.8, 4) is 0 Å². The van der Waals surface area contributed by atoms with Crippen LogP contribution in [0.1, 0.15) is 30.9 Å². The van der Waals surface area contributed by atoms with Crippen LogP contribution in [0.4, 0.5) is 5.69 Å². The van der Waals surface area contributed by atoms with Crippen LogP contribution in [-0.4, -0.2) is 31.1 Å². The van der Waals surface area contributed by atoms with Crippen LogP contribution < -0.4 is 4.90 Å². The molecule has 1 heterocycles. The van der Waals surface area contributed by atoms with Crippen molar-refractivity contribution in [2.45, 2.75) is 26.3 Å². The van der Waals surface area contributed by atoms with Gasteiger partial charge in [0, 0.05) is 10.2 Å². The zero-order valence-electron chi connectivity index (χ0n) is 16.3. The standard InChI is InChI=1S/C22H22BrNO5/c1-3-28-21(26)19(22(27)29-4-2)18-16-11-10-15(23)12-17(16)24(20(18)25)13-14-8-6-5-7-9-14/h5-12,18-19H,3-4,13H2,1-2H3. The lowest BCUT2D eigenvalue weighted by Crippen LogP contribution is -2.39. The van der Waals surface area contributed by atoms with E-state index in [9.17, 15) is 14.4 Å². The van der Waals surface area contributed by atoms with Crippen LogP contribution in [0, 0.1) is 5.92 Å². The normalized spacial score (nSPS) is 15.4. The van der Waals surface area contributed by atoms with Gasteiger partial charge in [-0.1, -0.05) is 52.3 Å². The van der Waals surface area contributed by atoms with E-state index < -0.39 is 23.8 Å². The predicted octanol–water partition coefficient (Wildman–Crippen LogP) is 3.82. The summed E-state index contributed by atoms with van der Waals surface area (Å²) in [6.45, 7) is 3.86. The Balaban J connectivity index is 2.05. The molecule has 0 bridgehead atoms. The molecule has 1 aliphatic heterocycles. The third-order valence-corrected chi connectivity index (χ3v) is 5.24. The van der Waals surface area contributed by atoms with Crippen molar-refractivity contribution in [1.29, 1.82) is 0 Å². The summed E-state index contributed by atoms with van der Waals surface area (Å²) >= 11 is 3.44. The molecule has 1 atom stereocenters. The number of anilines is 1. The molecule has 1 aliphatic rings. The molecule has 0 saturated heterocycles. The molecule has 152 valence electrons. The van der Waals surface area contributed by atoms with Crippen LogP contribution in [-0.2, 0) is 30.4 Å². The number of carbonyl (C=O) groups excluding carboxylic acids is 3. The Morgan fingerprint density at radius 3 is 2.24 bits per heavy atom. The van der Waals surface area contributed by atoms with E-state index in [0.717, 1.165) is 10.0 Å². The number of hydrogen-bond donors (Lipinski definition) is 0. The third-order valence-electron chi connectivity index (χ3n) is 4.75. The molecular weight excluding hydrogens is 438 g/mol. The van der Waals surface area contributed by atoms with Gasteiger partial charge in [-0.3, -0.25) is 14.4 Å². The average molecular weight is 460 g/mol. The molecule has 2 aromatic rings. The van der Waals surface area contributed by atoms with Crippen molar-refractivity contribution in [3.05, 3.63) is 64.1 Å². The van der Waals surface area contributed by atoms with Crippen LogP contribution in [0.3, 0.4) is 0 Å². The number of carbonyl (C=O) groups is 3. The third kappa shape index (κ3) is 4.34. The van der Waals surface area contributed by atoms with Crippen LogP contribution >= 0.6 is 15.9 Å². The number of nitrogens with zero attached hydrogens (tertiary/aromatic N) is 1. The monoisotopic (exact) mass is 459 g/mol. The van der Waals surface area contributed by atoms with Gasteiger partial charge in [0.25, 0.3) is 0 Å². The van der Waals surface area contributed by atoms with Gasteiger partial charge in [0.1, 0.15) is 0 Å². The second-order valence-electron chi connectivity index (χ2n) is 6.57. The van der Waals surface area contributed by atoms with Crippen molar-refractivity contribution in [3.63, 3.8) is 0 Å². The summed E-state index contributed by atoms with van der Waals surface area (Å²) < 4.78 is 11.0. The number of esters is 2. The second kappa shape index (κ2) is 9.22. The van der Waals surface area contributed by atoms with E-state index in [1.54, 1.807) is 30.9 Å². The van der Waals surface area contributed by atoms with Crippen LogP contribution in [0.5, 0.6) is 0 Å². The highest BCUT2D eigenvalue weighted by atomic mass is 79.9. The smallest absolute Gasteiger partial charge is 0.321 e. The summed E-state index contributed by atoms with van der Waals surface area (Å²) in [5, 5.41) is 0. The molecule has 0 aromatic heterocycles. The summed E-state index contributed by atoms with van der Waals surface area (Å²) in [5.74, 6) is -4.16. The molecule has 0 spiro atoms. The molecule has 7 heteroatoms. The second-order valence-corrected chi connectivity index (χ2v) is 7.49. The Kier molecular flexibility index (Phi) is 6.69. The summed E-state index contributed by atoms with van der Waals surface area (Å²) in [5.41, 5.74) is 2.22. The highest BCUT2D eigenvalue weighted by molar-refractivity contribution is 9.10. The average Bonchev–Trinajstić information content (AvgIpc) is 2.95. The van der Waals surface area contributed by atoms with Gasteiger partial charge in [0.2, 0.25) is 5.91 Å².